The lowest BCUT2D eigenvalue weighted by atomic mass is 10.2. The zero-order valence-electron chi connectivity index (χ0n) is 11.8. The molecule has 0 atom stereocenters. The summed E-state index contributed by atoms with van der Waals surface area (Å²) in [4.78, 5) is 28.2. The third kappa shape index (κ3) is 2.81. The van der Waals surface area contributed by atoms with E-state index in [4.69, 9.17) is 10.8 Å². The second kappa shape index (κ2) is 6.25. The number of carbonyl (C=O) groups is 1. The molecule has 1 aliphatic heterocycles. The van der Waals surface area contributed by atoms with E-state index in [2.05, 4.69) is 4.99 Å². The number of carbonyl (C=O) groups excluding carboxylic acids is 1. The Kier molecular flexibility index (Phi) is 4.42. The zero-order chi connectivity index (χ0) is 15.4. The largest absolute Gasteiger partial charge is 0.515 e. The van der Waals surface area contributed by atoms with Crippen LogP contribution in [0.1, 0.15) is 19.8 Å². The average molecular weight is 290 g/mol. The Morgan fingerprint density at radius 3 is 2.52 bits per heavy atom. The summed E-state index contributed by atoms with van der Waals surface area (Å²) in [5, 5.41) is 8.69. The summed E-state index contributed by atoms with van der Waals surface area (Å²) in [7, 11) is 0. The number of nitrogen functional groups attached to an aromatic ring is 1. The van der Waals surface area contributed by atoms with Crippen LogP contribution >= 0.6 is 0 Å². The van der Waals surface area contributed by atoms with Crippen LogP contribution in [-0.4, -0.2) is 26.0 Å². The van der Waals surface area contributed by atoms with Crippen LogP contribution in [0, 0.1) is 0 Å². The topological polar surface area (TPSA) is 103 Å². The van der Waals surface area contributed by atoms with E-state index in [1.807, 2.05) is 0 Å². The van der Waals surface area contributed by atoms with Gasteiger partial charge in [0, 0.05) is 19.2 Å². The number of ketones is 1. The van der Waals surface area contributed by atoms with Crippen LogP contribution in [0.25, 0.3) is 0 Å². The summed E-state index contributed by atoms with van der Waals surface area (Å²) >= 11 is 0. The molecule has 0 amide bonds. The van der Waals surface area contributed by atoms with Crippen LogP contribution in [0.5, 0.6) is 0 Å². The van der Waals surface area contributed by atoms with Crippen molar-refractivity contribution >= 4 is 23.0 Å². The van der Waals surface area contributed by atoms with Crippen molar-refractivity contribution in [1.29, 1.82) is 0 Å². The van der Waals surface area contributed by atoms with Gasteiger partial charge in [-0.1, -0.05) is 6.08 Å². The number of nitrogens with zero attached hydrogens (tertiary/aromatic N) is 3. The molecule has 0 aromatic carbocycles. The molecular formula is C14H18N4O3. The highest BCUT2D eigenvalue weighted by molar-refractivity contribution is 6.48. The van der Waals surface area contributed by atoms with Gasteiger partial charge in [-0.15, -0.1) is 0 Å². The highest BCUT2D eigenvalue weighted by atomic mass is 16.2. The number of hydrogen-bond acceptors (Lipinski definition) is 5. The van der Waals surface area contributed by atoms with Crippen LogP contribution in [0.4, 0.5) is 11.5 Å². The van der Waals surface area contributed by atoms with E-state index in [0.29, 0.717) is 19.4 Å². The average Bonchev–Trinajstić information content (AvgIpc) is 2.72. The van der Waals surface area contributed by atoms with Crippen molar-refractivity contribution in [3.05, 3.63) is 34.8 Å². The number of hydrogen-bond donors (Lipinski definition) is 2. The van der Waals surface area contributed by atoms with Gasteiger partial charge < -0.3 is 10.8 Å². The number of aliphatic hydroxyl groups is 1. The van der Waals surface area contributed by atoms with Crippen LogP contribution < -0.4 is 11.3 Å². The molecule has 0 unspecified atom stereocenters. The van der Waals surface area contributed by atoms with Crippen LogP contribution in [0.15, 0.2) is 34.3 Å². The van der Waals surface area contributed by atoms with Crippen LogP contribution in [0.3, 0.4) is 0 Å². The van der Waals surface area contributed by atoms with Gasteiger partial charge in [0.15, 0.2) is 11.5 Å². The van der Waals surface area contributed by atoms with Crippen LogP contribution in [0.2, 0.25) is 0 Å². The van der Waals surface area contributed by atoms with Gasteiger partial charge >= 0.3 is 0 Å². The number of rotatable bonds is 4. The molecule has 0 radical (unpaired) electrons. The monoisotopic (exact) mass is 290 g/mol. The van der Waals surface area contributed by atoms with E-state index < -0.39 is 5.78 Å². The molecule has 0 bridgehead atoms. The van der Waals surface area contributed by atoms with Crippen molar-refractivity contribution in [2.45, 2.75) is 32.9 Å². The Bertz CT molecular complexity index is 692. The number of fused-ring (bicyclic) bond motifs is 1. The third-order valence-corrected chi connectivity index (χ3v) is 3.27. The Morgan fingerprint density at radius 1 is 1.29 bits per heavy atom. The summed E-state index contributed by atoms with van der Waals surface area (Å²) in [6.45, 7) is 2.99. The number of aliphatic hydroxyl groups excluding tert-OH is 1. The first-order chi connectivity index (χ1) is 10.1. The van der Waals surface area contributed by atoms with Crippen molar-refractivity contribution in [2.24, 2.45) is 4.99 Å². The molecule has 7 heteroatoms. The fourth-order valence-electron chi connectivity index (χ4n) is 2.29. The lowest BCUT2D eigenvalue weighted by Crippen LogP contribution is -2.27. The van der Waals surface area contributed by atoms with E-state index in [1.165, 1.54) is 6.08 Å². The number of aliphatic imine (C=N–C) groups is 1. The lowest BCUT2D eigenvalue weighted by Gasteiger charge is -2.17. The third-order valence-electron chi connectivity index (χ3n) is 3.27. The Balaban J connectivity index is 2.55. The predicted octanol–water partition coefficient (Wildman–Crippen LogP) is 1.32. The van der Waals surface area contributed by atoms with Crippen LogP contribution in [-0.2, 0) is 17.9 Å². The smallest absolute Gasteiger partial charge is 0.294 e. The summed E-state index contributed by atoms with van der Waals surface area (Å²) < 4.78 is 3.25. The Hall–Kier alpha value is -2.57. The molecule has 2 heterocycles. The quantitative estimate of drug-likeness (QED) is 0.496. The van der Waals surface area contributed by atoms with Gasteiger partial charge in [-0.25, -0.2) is 9.67 Å². The van der Waals surface area contributed by atoms with E-state index in [0.717, 1.165) is 18.9 Å². The fraction of sp³-hybridized carbons (Fsp3) is 0.357. The lowest BCUT2D eigenvalue weighted by molar-refractivity contribution is -0.108. The first-order valence-electron chi connectivity index (χ1n) is 6.75. The second-order valence-corrected chi connectivity index (χ2v) is 4.67. The molecule has 3 N–H and O–H groups in total. The molecule has 0 fully saturated rings. The first kappa shape index (κ1) is 14.8. The van der Waals surface area contributed by atoms with Gasteiger partial charge in [0.05, 0.1) is 6.26 Å². The number of aromatic nitrogens is 2. The van der Waals surface area contributed by atoms with E-state index in [1.54, 1.807) is 22.4 Å². The molecular weight excluding hydrogens is 272 g/mol. The van der Waals surface area contributed by atoms with Crippen molar-refractivity contribution in [3.8, 4) is 0 Å². The normalized spacial score (nSPS) is 15.8. The molecule has 1 aliphatic rings. The van der Waals surface area contributed by atoms with Gasteiger partial charge in [0.1, 0.15) is 5.71 Å². The fourth-order valence-corrected chi connectivity index (χ4v) is 2.29. The van der Waals surface area contributed by atoms with Crippen molar-refractivity contribution in [3.63, 3.8) is 0 Å². The highest BCUT2D eigenvalue weighted by Gasteiger charge is 2.20. The summed E-state index contributed by atoms with van der Waals surface area (Å²) in [5.74, 6) is -0.231. The number of allylic oxidation sites excluding steroid dienone is 3. The van der Waals surface area contributed by atoms with Gasteiger partial charge in [-0.05, 0) is 25.8 Å². The van der Waals surface area contributed by atoms with E-state index in [-0.39, 0.29) is 22.8 Å². The zero-order valence-corrected chi connectivity index (χ0v) is 11.8. The van der Waals surface area contributed by atoms with Gasteiger partial charge in [0.25, 0.3) is 5.56 Å². The minimum Gasteiger partial charge on any atom is -0.515 e. The number of nitrogens with two attached hydrogens (primary N) is 1. The molecule has 1 aromatic heterocycles. The minimum absolute atomic E-state index is 0.0511. The molecule has 112 valence electrons. The number of anilines is 1. The Labute approximate surface area is 121 Å². The van der Waals surface area contributed by atoms with Crippen molar-refractivity contribution in [1.82, 2.24) is 9.36 Å². The predicted molar refractivity (Wildman–Crippen MR) is 81.0 cm³/mol. The van der Waals surface area contributed by atoms with Gasteiger partial charge in [-0.2, -0.15) is 0 Å². The van der Waals surface area contributed by atoms with E-state index in [9.17, 15) is 9.59 Å². The standard InChI is InChI=1S/C14H18N4O3/c1-2-5-10(11(20)6-9-19)16-12-13(15)17-7-3-4-8-18(17)14(12)21/h2,5-6,9,19H,3-4,7-8,15H2,1H3/b5-2-,9-6?,16-10?. The SMILES string of the molecule is C/C=C\C(=Nc1c(N)n2n(c1=O)CCCC2)C(=O)C=CO. The van der Waals surface area contributed by atoms with E-state index >= 15 is 0 Å². The molecule has 1 aromatic rings. The highest BCUT2D eigenvalue weighted by Crippen LogP contribution is 2.22. The summed E-state index contributed by atoms with van der Waals surface area (Å²) in [5.41, 5.74) is 5.80. The Morgan fingerprint density at radius 2 is 1.95 bits per heavy atom. The molecule has 0 saturated carbocycles. The molecule has 0 saturated heterocycles. The second-order valence-electron chi connectivity index (χ2n) is 4.67. The molecule has 0 aliphatic carbocycles. The maximum Gasteiger partial charge on any atom is 0.294 e. The van der Waals surface area contributed by atoms with Gasteiger partial charge in [-0.3, -0.25) is 14.3 Å². The molecule has 21 heavy (non-hydrogen) atoms. The van der Waals surface area contributed by atoms with Crippen molar-refractivity contribution < 1.29 is 9.90 Å². The first-order valence-corrected chi connectivity index (χ1v) is 6.75. The maximum atomic E-state index is 12.3. The van der Waals surface area contributed by atoms with Gasteiger partial charge in [0.2, 0.25) is 5.78 Å². The van der Waals surface area contributed by atoms with Crippen molar-refractivity contribution in [2.75, 3.05) is 5.73 Å². The summed E-state index contributed by atoms with van der Waals surface area (Å²) in [6.07, 6.45) is 6.59. The minimum atomic E-state index is -0.497. The molecule has 7 nitrogen and oxygen atoms in total. The molecule has 0 spiro atoms. The summed E-state index contributed by atoms with van der Waals surface area (Å²) in [6, 6.07) is 0. The maximum absolute atomic E-state index is 12.3. The molecule has 2 rings (SSSR count).